The Hall–Kier alpha value is -2.08. The number of carboxylic acids is 1. The molecule has 1 fully saturated rings. The number of halogens is 2. The van der Waals surface area contributed by atoms with Crippen LogP contribution in [0.4, 0.5) is 4.39 Å². The summed E-state index contributed by atoms with van der Waals surface area (Å²) < 4.78 is 13.2. The molecule has 2 aromatic rings. The number of hydrogen-bond donors (Lipinski definition) is 3. The van der Waals surface area contributed by atoms with Crippen molar-refractivity contribution >= 4 is 34.4 Å². The second-order valence-corrected chi connectivity index (χ2v) is 5.90. The van der Waals surface area contributed by atoms with Crippen LogP contribution in [0.15, 0.2) is 18.2 Å². The van der Waals surface area contributed by atoms with Crippen LogP contribution in [-0.2, 0) is 4.79 Å². The van der Waals surface area contributed by atoms with Crippen molar-refractivity contribution in [2.45, 2.75) is 25.3 Å². The lowest BCUT2D eigenvalue weighted by molar-refractivity contribution is -0.141. The topological polar surface area (TPSA) is 82.2 Å². The number of amides is 1. The summed E-state index contributed by atoms with van der Waals surface area (Å²) >= 11 is 6.14. The molecule has 1 saturated carbocycles. The molecule has 116 valence electrons. The van der Waals surface area contributed by atoms with Gasteiger partial charge in [0.25, 0.3) is 5.91 Å². The van der Waals surface area contributed by atoms with Gasteiger partial charge in [0.2, 0.25) is 0 Å². The van der Waals surface area contributed by atoms with Crippen LogP contribution in [0.25, 0.3) is 10.9 Å². The quantitative estimate of drug-likeness (QED) is 0.811. The van der Waals surface area contributed by atoms with Crippen LogP contribution in [0.2, 0.25) is 5.02 Å². The van der Waals surface area contributed by atoms with Gasteiger partial charge in [-0.25, -0.2) is 4.39 Å². The van der Waals surface area contributed by atoms with Gasteiger partial charge in [0.15, 0.2) is 0 Å². The number of aromatic nitrogens is 1. The fraction of sp³-hybridized carbons (Fsp3) is 0.333. The third kappa shape index (κ3) is 2.66. The zero-order valence-corrected chi connectivity index (χ0v) is 12.3. The minimum absolute atomic E-state index is 0.166. The maximum absolute atomic E-state index is 13.2. The van der Waals surface area contributed by atoms with Crippen LogP contribution in [0.5, 0.6) is 0 Å². The van der Waals surface area contributed by atoms with Gasteiger partial charge >= 0.3 is 5.97 Å². The van der Waals surface area contributed by atoms with E-state index in [1.807, 2.05) is 0 Å². The number of hydrogen-bond acceptors (Lipinski definition) is 2. The molecule has 1 amide bonds. The first-order valence-corrected chi connectivity index (χ1v) is 7.34. The van der Waals surface area contributed by atoms with Gasteiger partial charge < -0.3 is 15.4 Å². The highest BCUT2D eigenvalue weighted by molar-refractivity contribution is 6.38. The second kappa shape index (κ2) is 5.61. The molecule has 0 unspecified atom stereocenters. The number of H-pyrrole nitrogens is 1. The molecule has 2 atom stereocenters. The summed E-state index contributed by atoms with van der Waals surface area (Å²) in [5.41, 5.74) is 0.743. The van der Waals surface area contributed by atoms with E-state index in [4.69, 9.17) is 16.7 Å². The van der Waals surface area contributed by atoms with Crippen LogP contribution < -0.4 is 5.32 Å². The van der Waals surface area contributed by atoms with Gasteiger partial charge in [-0.15, -0.1) is 0 Å². The summed E-state index contributed by atoms with van der Waals surface area (Å²) in [6, 6.07) is 3.88. The lowest BCUT2D eigenvalue weighted by Crippen LogP contribution is -2.33. The van der Waals surface area contributed by atoms with E-state index in [0.717, 1.165) is 0 Å². The Kier molecular flexibility index (Phi) is 3.78. The molecule has 0 saturated heterocycles. The van der Waals surface area contributed by atoms with Crippen LogP contribution in [0.1, 0.15) is 29.8 Å². The van der Waals surface area contributed by atoms with E-state index in [1.165, 1.54) is 18.2 Å². The highest BCUT2D eigenvalue weighted by Gasteiger charge is 2.31. The zero-order chi connectivity index (χ0) is 15.9. The normalized spacial score (nSPS) is 21.2. The van der Waals surface area contributed by atoms with E-state index in [9.17, 15) is 14.0 Å². The maximum Gasteiger partial charge on any atom is 0.306 e. The summed E-state index contributed by atoms with van der Waals surface area (Å²) in [6.07, 6.45) is 1.58. The van der Waals surface area contributed by atoms with Crippen LogP contribution in [-0.4, -0.2) is 28.0 Å². The molecule has 7 heteroatoms. The highest BCUT2D eigenvalue weighted by atomic mass is 35.5. The monoisotopic (exact) mass is 324 g/mol. The van der Waals surface area contributed by atoms with Gasteiger partial charge in [-0.05, 0) is 37.5 Å². The number of aromatic amines is 1. The molecule has 0 radical (unpaired) electrons. The molecule has 0 aliphatic heterocycles. The predicted octanol–water partition coefficient (Wildman–Crippen LogP) is 2.94. The Bertz CT molecular complexity index is 759. The third-order valence-electron chi connectivity index (χ3n) is 4.04. The average Bonchev–Trinajstić information content (AvgIpc) is 3.05. The molecular formula is C15H14ClFN2O3. The van der Waals surface area contributed by atoms with Gasteiger partial charge in [-0.3, -0.25) is 9.59 Å². The van der Waals surface area contributed by atoms with Gasteiger partial charge in [0, 0.05) is 16.9 Å². The second-order valence-electron chi connectivity index (χ2n) is 5.52. The Morgan fingerprint density at radius 3 is 2.82 bits per heavy atom. The summed E-state index contributed by atoms with van der Waals surface area (Å²) in [5.74, 6) is -2.09. The van der Waals surface area contributed by atoms with Crippen LogP contribution >= 0.6 is 11.6 Å². The summed E-state index contributed by atoms with van der Waals surface area (Å²) in [4.78, 5) is 26.1. The van der Waals surface area contributed by atoms with Crippen molar-refractivity contribution in [3.05, 3.63) is 34.7 Å². The third-order valence-corrected chi connectivity index (χ3v) is 4.43. The molecule has 1 aliphatic carbocycles. The molecule has 1 aromatic carbocycles. The minimum atomic E-state index is -0.837. The molecule has 0 spiro atoms. The number of fused-ring (bicyclic) bond motifs is 1. The van der Waals surface area contributed by atoms with Gasteiger partial charge in [-0.2, -0.15) is 0 Å². The standard InChI is InChI=1S/C15H14ClFN2O3/c16-12-10-6-8(17)2-4-11(10)19-13(12)14(20)18-9-3-1-7(5-9)15(21)22/h2,4,6-7,9,19H,1,3,5H2,(H,18,20)(H,21,22)/t7-,9+/m1/s1. The van der Waals surface area contributed by atoms with Crippen molar-refractivity contribution < 1.29 is 19.1 Å². The minimum Gasteiger partial charge on any atom is -0.481 e. The number of aliphatic carboxylic acids is 1. The van der Waals surface area contributed by atoms with Crippen molar-refractivity contribution in [2.24, 2.45) is 5.92 Å². The fourth-order valence-corrected chi connectivity index (χ4v) is 3.17. The van der Waals surface area contributed by atoms with E-state index >= 15 is 0 Å². The lowest BCUT2D eigenvalue weighted by atomic mass is 10.1. The summed E-state index contributed by atoms with van der Waals surface area (Å²) in [5, 5.41) is 12.4. The smallest absolute Gasteiger partial charge is 0.306 e. The predicted molar refractivity (Wildman–Crippen MR) is 79.5 cm³/mol. The molecule has 1 heterocycles. The lowest BCUT2D eigenvalue weighted by Gasteiger charge is -2.11. The van der Waals surface area contributed by atoms with Gasteiger partial charge in [-0.1, -0.05) is 11.6 Å². The number of carboxylic acid groups (broad SMARTS) is 1. The van der Waals surface area contributed by atoms with Crippen molar-refractivity contribution in [2.75, 3.05) is 0 Å². The molecule has 0 bridgehead atoms. The first-order chi connectivity index (χ1) is 10.5. The average molecular weight is 325 g/mol. The molecule has 5 nitrogen and oxygen atoms in total. The first-order valence-electron chi connectivity index (χ1n) is 6.96. The summed E-state index contributed by atoms with van der Waals surface area (Å²) in [6.45, 7) is 0. The van der Waals surface area contributed by atoms with Gasteiger partial charge in [0.05, 0.1) is 10.9 Å². The Balaban J connectivity index is 1.78. The van der Waals surface area contributed by atoms with E-state index in [-0.39, 0.29) is 16.8 Å². The number of carbonyl (C=O) groups is 2. The Labute approximate surface area is 130 Å². The fourth-order valence-electron chi connectivity index (χ4n) is 2.88. The number of rotatable bonds is 3. The molecule has 1 aromatic heterocycles. The van der Waals surface area contributed by atoms with E-state index in [0.29, 0.717) is 30.2 Å². The van der Waals surface area contributed by atoms with Crippen LogP contribution in [0, 0.1) is 11.7 Å². The first kappa shape index (κ1) is 14.8. The SMILES string of the molecule is O=C(N[C@H]1CC[C@@H](C(=O)O)C1)c1[nH]c2ccc(F)cc2c1Cl. The van der Waals surface area contributed by atoms with Crippen molar-refractivity contribution in [1.29, 1.82) is 0 Å². The Morgan fingerprint density at radius 1 is 1.36 bits per heavy atom. The van der Waals surface area contributed by atoms with E-state index in [1.54, 1.807) is 0 Å². The molecular weight excluding hydrogens is 311 g/mol. The molecule has 1 aliphatic rings. The number of benzene rings is 1. The van der Waals surface area contributed by atoms with Crippen molar-refractivity contribution in [3.63, 3.8) is 0 Å². The van der Waals surface area contributed by atoms with E-state index in [2.05, 4.69) is 10.3 Å². The largest absolute Gasteiger partial charge is 0.481 e. The molecule has 3 N–H and O–H groups in total. The van der Waals surface area contributed by atoms with Crippen molar-refractivity contribution in [3.8, 4) is 0 Å². The Morgan fingerprint density at radius 2 is 2.14 bits per heavy atom. The van der Waals surface area contributed by atoms with Crippen molar-refractivity contribution in [1.82, 2.24) is 10.3 Å². The number of carbonyl (C=O) groups excluding carboxylic acids is 1. The highest BCUT2D eigenvalue weighted by Crippen LogP contribution is 2.29. The van der Waals surface area contributed by atoms with Crippen LogP contribution in [0.3, 0.4) is 0 Å². The van der Waals surface area contributed by atoms with Gasteiger partial charge in [0.1, 0.15) is 11.5 Å². The zero-order valence-electron chi connectivity index (χ0n) is 11.5. The van der Waals surface area contributed by atoms with E-state index < -0.39 is 23.6 Å². The summed E-state index contributed by atoms with van der Waals surface area (Å²) in [7, 11) is 0. The molecule has 3 rings (SSSR count). The number of nitrogens with one attached hydrogen (secondary N) is 2. The maximum atomic E-state index is 13.2. The molecule has 22 heavy (non-hydrogen) atoms.